The number of rotatable bonds is 4. The predicted octanol–water partition coefficient (Wildman–Crippen LogP) is 2.99. The highest BCUT2D eigenvalue weighted by molar-refractivity contribution is 9.11. The minimum absolute atomic E-state index is 0.0355. The van der Waals surface area contributed by atoms with E-state index < -0.39 is 12.8 Å². The highest BCUT2D eigenvalue weighted by atomic mass is 79.9. The van der Waals surface area contributed by atoms with Gasteiger partial charge >= 0.3 is 6.18 Å². The van der Waals surface area contributed by atoms with Crippen molar-refractivity contribution in [3.8, 4) is 0 Å². The number of hydrogen-bond acceptors (Lipinski definition) is 2. The number of ether oxygens (including phenoxy) is 1. The monoisotopic (exact) mass is 350 g/mol. The molecule has 0 saturated carbocycles. The number of hydrogen-bond donors (Lipinski definition) is 0. The van der Waals surface area contributed by atoms with Crippen LogP contribution in [0.15, 0.2) is 15.3 Å². The molecule has 0 atom stereocenters. The highest BCUT2D eigenvalue weighted by Crippen LogP contribution is 2.17. The molecule has 0 aliphatic heterocycles. The Morgan fingerprint density at radius 2 is 2.07 bits per heavy atom. The van der Waals surface area contributed by atoms with Gasteiger partial charge in [-0.1, -0.05) is 0 Å². The maximum Gasteiger partial charge on any atom is 0.411 e. The van der Waals surface area contributed by atoms with Gasteiger partial charge in [0.2, 0.25) is 0 Å². The van der Waals surface area contributed by atoms with Gasteiger partial charge in [0.15, 0.2) is 0 Å². The van der Waals surface area contributed by atoms with Gasteiger partial charge < -0.3 is 4.74 Å². The minimum atomic E-state index is -4.28. The van der Waals surface area contributed by atoms with E-state index in [0.29, 0.717) is 9.21 Å². The summed E-state index contributed by atoms with van der Waals surface area (Å²) in [5, 5.41) is 3.97. The summed E-state index contributed by atoms with van der Waals surface area (Å²) in [4.78, 5) is 0. The maximum atomic E-state index is 11.7. The van der Waals surface area contributed by atoms with Gasteiger partial charge in [0.05, 0.1) is 13.2 Å². The topological polar surface area (TPSA) is 27.1 Å². The van der Waals surface area contributed by atoms with E-state index in [-0.39, 0.29) is 13.2 Å². The highest BCUT2D eigenvalue weighted by Gasteiger charge is 2.27. The fourth-order valence-electron chi connectivity index (χ4n) is 0.860. The van der Waals surface area contributed by atoms with Gasteiger partial charge in [-0.25, -0.2) is 0 Å². The molecular formula is C7H7Br2F3N2O. The zero-order valence-corrected chi connectivity index (χ0v) is 10.6. The molecule has 8 heteroatoms. The Hall–Kier alpha value is -0.0800. The minimum Gasteiger partial charge on any atom is -0.370 e. The lowest BCUT2D eigenvalue weighted by molar-refractivity contribution is -0.174. The molecule has 0 spiro atoms. The first kappa shape index (κ1) is 13.0. The van der Waals surface area contributed by atoms with Crippen LogP contribution in [-0.2, 0) is 11.3 Å². The van der Waals surface area contributed by atoms with E-state index in [1.165, 1.54) is 4.68 Å². The molecule has 1 aromatic heterocycles. The van der Waals surface area contributed by atoms with Crippen LogP contribution < -0.4 is 0 Å². The van der Waals surface area contributed by atoms with Crippen LogP contribution in [0.4, 0.5) is 13.2 Å². The lowest BCUT2D eigenvalue weighted by Crippen LogP contribution is -2.19. The Morgan fingerprint density at radius 1 is 1.40 bits per heavy atom. The van der Waals surface area contributed by atoms with Gasteiger partial charge in [-0.3, -0.25) is 4.68 Å². The second-order valence-corrected chi connectivity index (χ2v) is 4.31. The van der Waals surface area contributed by atoms with Crippen LogP contribution in [0.1, 0.15) is 0 Å². The van der Waals surface area contributed by atoms with Crippen molar-refractivity contribution in [1.82, 2.24) is 9.78 Å². The molecule has 0 saturated heterocycles. The number of alkyl halides is 3. The molecule has 15 heavy (non-hydrogen) atoms. The zero-order valence-electron chi connectivity index (χ0n) is 7.39. The van der Waals surface area contributed by atoms with Crippen LogP contribution in [0, 0.1) is 0 Å². The lowest BCUT2D eigenvalue weighted by Gasteiger charge is -2.07. The summed E-state index contributed by atoms with van der Waals surface area (Å²) in [5.41, 5.74) is 0. The lowest BCUT2D eigenvalue weighted by atomic mass is 10.6. The fourth-order valence-corrected chi connectivity index (χ4v) is 2.05. The van der Waals surface area contributed by atoms with Crippen molar-refractivity contribution in [2.24, 2.45) is 0 Å². The van der Waals surface area contributed by atoms with Crippen molar-refractivity contribution in [3.05, 3.63) is 15.3 Å². The van der Waals surface area contributed by atoms with Gasteiger partial charge in [0.1, 0.15) is 15.8 Å². The Bertz CT molecular complexity index is 327. The molecule has 0 radical (unpaired) electrons. The molecule has 0 bridgehead atoms. The number of halogens is 5. The zero-order chi connectivity index (χ0) is 11.5. The summed E-state index contributed by atoms with van der Waals surface area (Å²) >= 11 is 6.34. The van der Waals surface area contributed by atoms with Crippen LogP contribution in [0.3, 0.4) is 0 Å². The van der Waals surface area contributed by atoms with E-state index in [9.17, 15) is 13.2 Å². The second-order valence-electron chi connectivity index (χ2n) is 2.68. The van der Waals surface area contributed by atoms with Crippen molar-refractivity contribution >= 4 is 31.9 Å². The van der Waals surface area contributed by atoms with Crippen LogP contribution >= 0.6 is 31.9 Å². The molecular weight excluding hydrogens is 345 g/mol. The van der Waals surface area contributed by atoms with Crippen molar-refractivity contribution < 1.29 is 17.9 Å². The van der Waals surface area contributed by atoms with E-state index in [2.05, 4.69) is 41.7 Å². The average Bonchev–Trinajstić information content (AvgIpc) is 2.37. The van der Waals surface area contributed by atoms with Gasteiger partial charge in [-0.2, -0.15) is 18.3 Å². The van der Waals surface area contributed by atoms with Gasteiger partial charge in [-0.05, 0) is 31.9 Å². The molecule has 86 valence electrons. The standard InChI is InChI=1S/C7H7Br2F3N2O/c8-5-3-6(9)14(13-5)1-2-15-4-7(10,11)12/h3H,1-2,4H2. The largest absolute Gasteiger partial charge is 0.411 e. The Kier molecular flexibility index (Phi) is 4.60. The molecule has 3 nitrogen and oxygen atoms in total. The molecule has 0 aliphatic carbocycles. The smallest absolute Gasteiger partial charge is 0.370 e. The van der Waals surface area contributed by atoms with Crippen LogP contribution in [0.25, 0.3) is 0 Å². The van der Waals surface area contributed by atoms with Crippen molar-refractivity contribution in [2.75, 3.05) is 13.2 Å². The van der Waals surface area contributed by atoms with E-state index >= 15 is 0 Å². The third-order valence-corrected chi connectivity index (χ3v) is 2.44. The average molecular weight is 352 g/mol. The maximum absolute atomic E-state index is 11.7. The first-order valence-electron chi connectivity index (χ1n) is 3.92. The molecule has 1 aromatic rings. The third kappa shape index (κ3) is 4.98. The summed E-state index contributed by atoms with van der Waals surface area (Å²) in [6.07, 6.45) is -4.28. The summed E-state index contributed by atoms with van der Waals surface area (Å²) in [7, 11) is 0. The summed E-state index contributed by atoms with van der Waals surface area (Å²) in [6, 6.07) is 1.70. The number of aromatic nitrogens is 2. The van der Waals surface area contributed by atoms with Gasteiger partial charge in [0, 0.05) is 6.07 Å². The SMILES string of the molecule is FC(F)(F)COCCn1nc(Br)cc1Br. The second kappa shape index (κ2) is 5.31. The van der Waals surface area contributed by atoms with Gasteiger partial charge in [0.25, 0.3) is 0 Å². The fraction of sp³-hybridized carbons (Fsp3) is 0.571. The predicted molar refractivity (Wildman–Crippen MR) is 54.5 cm³/mol. The summed E-state index contributed by atoms with van der Waals surface area (Å²) < 4.78 is 42.3. The summed E-state index contributed by atoms with van der Waals surface area (Å²) in [5.74, 6) is 0. The van der Waals surface area contributed by atoms with E-state index in [1.807, 2.05) is 0 Å². The normalized spacial score (nSPS) is 12.1. The Labute approximate surface area is 101 Å². The van der Waals surface area contributed by atoms with Crippen molar-refractivity contribution in [3.63, 3.8) is 0 Å². The molecule has 1 rings (SSSR count). The molecule has 1 heterocycles. The molecule has 0 amide bonds. The van der Waals surface area contributed by atoms with Gasteiger partial charge in [-0.15, -0.1) is 0 Å². The van der Waals surface area contributed by atoms with E-state index in [0.717, 1.165) is 0 Å². The molecule has 0 aromatic carbocycles. The Balaban J connectivity index is 2.29. The van der Waals surface area contributed by atoms with Crippen molar-refractivity contribution in [1.29, 1.82) is 0 Å². The molecule has 0 N–H and O–H groups in total. The van der Waals surface area contributed by atoms with E-state index in [4.69, 9.17) is 0 Å². The van der Waals surface area contributed by atoms with Crippen molar-refractivity contribution in [2.45, 2.75) is 12.7 Å². The first-order chi connectivity index (χ1) is 6.88. The molecule has 0 unspecified atom stereocenters. The van der Waals surface area contributed by atoms with Crippen LogP contribution in [0.2, 0.25) is 0 Å². The number of nitrogens with zero attached hydrogens (tertiary/aromatic N) is 2. The Morgan fingerprint density at radius 3 is 2.53 bits per heavy atom. The molecule has 0 fully saturated rings. The quantitative estimate of drug-likeness (QED) is 0.780. The first-order valence-corrected chi connectivity index (χ1v) is 5.50. The molecule has 0 aliphatic rings. The van der Waals surface area contributed by atoms with Crippen LogP contribution in [0.5, 0.6) is 0 Å². The van der Waals surface area contributed by atoms with Crippen LogP contribution in [-0.4, -0.2) is 29.2 Å². The third-order valence-electron chi connectivity index (χ3n) is 1.41. The summed E-state index contributed by atoms with van der Waals surface area (Å²) in [6.45, 7) is -0.998. The van der Waals surface area contributed by atoms with E-state index in [1.54, 1.807) is 6.07 Å².